The monoisotopic (exact) mass is 264 g/mol. The van der Waals surface area contributed by atoms with Crippen LogP contribution in [-0.2, 0) is 9.59 Å². The van der Waals surface area contributed by atoms with E-state index in [4.69, 9.17) is 9.84 Å². The lowest BCUT2D eigenvalue weighted by molar-refractivity contribution is -0.129. The van der Waals surface area contributed by atoms with E-state index in [0.717, 1.165) is 5.56 Å². The number of rotatable bonds is 5. The summed E-state index contributed by atoms with van der Waals surface area (Å²) in [5.74, 6) is -1.14. The molecule has 0 radical (unpaired) electrons. The van der Waals surface area contributed by atoms with Gasteiger partial charge in [0.25, 0.3) is 5.91 Å². The predicted octanol–water partition coefficient (Wildman–Crippen LogP) is 1.34. The second-order valence-corrected chi connectivity index (χ2v) is 4.05. The van der Waals surface area contributed by atoms with Crippen LogP contribution in [0.3, 0.4) is 0 Å². The Balaban J connectivity index is 2.56. The molecule has 102 valence electrons. The summed E-state index contributed by atoms with van der Waals surface area (Å²) in [4.78, 5) is 22.1. The van der Waals surface area contributed by atoms with Gasteiger partial charge in [0, 0.05) is 0 Å². The summed E-state index contributed by atoms with van der Waals surface area (Å²) in [6.07, 6.45) is -0.770. The summed E-state index contributed by atoms with van der Waals surface area (Å²) in [5, 5.41) is 12.0. The molecule has 0 saturated carbocycles. The van der Waals surface area contributed by atoms with Crippen molar-refractivity contribution in [3.05, 3.63) is 29.8 Å². The van der Waals surface area contributed by atoms with Crippen LogP contribution in [0.1, 0.15) is 19.4 Å². The smallest absolute Gasteiger partial charge is 0.351 e. The van der Waals surface area contributed by atoms with Crippen LogP contribution >= 0.6 is 0 Å². The van der Waals surface area contributed by atoms with E-state index in [1.807, 2.05) is 19.1 Å². The van der Waals surface area contributed by atoms with Gasteiger partial charge in [-0.15, -0.1) is 0 Å². The number of aryl methyl sites for hydroxylation is 1. The molecular formula is C13H16N2O4. The Morgan fingerprint density at radius 1 is 1.32 bits per heavy atom. The Kier molecular flexibility index (Phi) is 5.05. The molecule has 0 aliphatic carbocycles. The summed E-state index contributed by atoms with van der Waals surface area (Å²) in [5.41, 5.74) is 3.03. The zero-order chi connectivity index (χ0) is 14.4. The molecule has 0 heterocycles. The Bertz CT molecular complexity index is 494. The Labute approximate surface area is 111 Å². The van der Waals surface area contributed by atoms with Crippen LogP contribution in [0.2, 0.25) is 0 Å². The molecule has 19 heavy (non-hydrogen) atoms. The number of nitrogens with zero attached hydrogens (tertiary/aromatic N) is 1. The van der Waals surface area contributed by atoms with E-state index in [-0.39, 0.29) is 5.71 Å². The summed E-state index contributed by atoms with van der Waals surface area (Å²) >= 11 is 0. The van der Waals surface area contributed by atoms with Gasteiger partial charge in [0.05, 0.1) is 0 Å². The molecule has 1 aromatic rings. The number of ether oxygens (including phenoxy) is 1. The Morgan fingerprint density at radius 2 is 1.89 bits per heavy atom. The van der Waals surface area contributed by atoms with Crippen LogP contribution in [0.4, 0.5) is 0 Å². The average Bonchev–Trinajstić information content (AvgIpc) is 2.37. The molecule has 2 N–H and O–H groups in total. The molecule has 0 aliphatic rings. The molecule has 1 rings (SSSR count). The third-order valence-corrected chi connectivity index (χ3v) is 2.35. The van der Waals surface area contributed by atoms with Gasteiger partial charge in [-0.05, 0) is 32.9 Å². The standard InChI is InChI=1S/C13H16N2O4/c1-8-4-6-11(7-5-8)19-10(3)12(16)15-14-9(2)13(17)18/h4-7,10H,1-3H3,(H,15,16)(H,17,18)/b14-9-. The first-order valence-corrected chi connectivity index (χ1v) is 5.71. The van der Waals surface area contributed by atoms with E-state index in [1.54, 1.807) is 19.1 Å². The zero-order valence-electron chi connectivity index (χ0n) is 11.0. The fraction of sp³-hybridized carbons (Fsp3) is 0.308. The third kappa shape index (κ3) is 4.79. The molecule has 1 atom stereocenters. The van der Waals surface area contributed by atoms with Gasteiger partial charge in [-0.2, -0.15) is 5.10 Å². The molecule has 0 spiro atoms. The van der Waals surface area contributed by atoms with Gasteiger partial charge in [-0.3, -0.25) is 4.79 Å². The quantitative estimate of drug-likeness (QED) is 0.620. The highest BCUT2D eigenvalue weighted by Crippen LogP contribution is 2.13. The zero-order valence-corrected chi connectivity index (χ0v) is 11.0. The average molecular weight is 264 g/mol. The number of carboxylic acid groups (broad SMARTS) is 1. The molecule has 1 aromatic carbocycles. The highest BCUT2D eigenvalue weighted by molar-refractivity contribution is 6.34. The second kappa shape index (κ2) is 6.53. The number of hydrazone groups is 1. The van der Waals surface area contributed by atoms with Crippen LogP contribution in [0.15, 0.2) is 29.4 Å². The number of hydrogen-bond acceptors (Lipinski definition) is 4. The predicted molar refractivity (Wildman–Crippen MR) is 70.2 cm³/mol. The van der Waals surface area contributed by atoms with Gasteiger partial charge in [0.15, 0.2) is 6.10 Å². The van der Waals surface area contributed by atoms with E-state index in [0.29, 0.717) is 5.75 Å². The van der Waals surface area contributed by atoms with Crippen molar-refractivity contribution in [2.24, 2.45) is 5.10 Å². The van der Waals surface area contributed by atoms with Crippen molar-refractivity contribution in [2.75, 3.05) is 0 Å². The summed E-state index contributed by atoms with van der Waals surface area (Å²) in [6.45, 7) is 4.79. The maximum absolute atomic E-state index is 11.6. The lowest BCUT2D eigenvalue weighted by atomic mass is 10.2. The van der Waals surface area contributed by atoms with Gasteiger partial charge >= 0.3 is 5.97 Å². The topological polar surface area (TPSA) is 88.0 Å². The molecule has 1 unspecified atom stereocenters. The van der Waals surface area contributed by atoms with E-state index < -0.39 is 18.0 Å². The number of carbonyl (C=O) groups excluding carboxylic acids is 1. The van der Waals surface area contributed by atoms with Gasteiger partial charge in [-0.25, -0.2) is 10.2 Å². The fourth-order valence-corrected chi connectivity index (χ4v) is 1.15. The molecular weight excluding hydrogens is 248 g/mol. The van der Waals surface area contributed by atoms with Crippen LogP contribution in [0.25, 0.3) is 0 Å². The first-order valence-electron chi connectivity index (χ1n) is 5.71. The molecule has 0 saturated heterocycles. The SMILES string of the molecule is C/C(=N/NC(=O)C(C)Oc1ccc(C)cc1)C(=O)O. The maximum Gasteiger partial charge on any atom is 0.351 e. The maximum atomic E-state index is 11.6. The van der Waals surface area contributed by atoms with E-state index in [1.165, 1.54) is 6.92 Å². The van der Waals surface area contributed by atoms with E-state index >= 15 is 0 Å². The van der Waals surface area contributed by atoms with Gasteiger partial charge in [0.2, 0.25) is 0 Å². The van der Waals surface area contributed by atoms with Crippen molar-refractivity contribution in [3.8, 4) is 5.75 Å². The number of amides is 1. The van der Waals surface area contributed by atoms with Crippen molar-refractivity contribution < 1.29 is 19.4 Å². The molecule has 1 amide bonds. The number of hydrogen-bond donors (Lipinski definition) is 2. The first-order chi connectivity index (χ1) is 8.90. The number of benzene rings is 1. The van der Waals surface area contributed by atoms with Crippen LogP contribution < -0.4 is 10.2 Å². The summed E-state index contributed by atoms with van der Waals surface area (Å²) < 4.78 is 5.40. The van der Waals surface area contributed by atoms with Crippen LogP contribution in [0.5, 0.6) is 5.75 Å². The minimum absolute atomic E-state index is 0.198. The molecule has 0 fully saturated rings. The largest absolute Gasteiger partial charge is 0.481 e. The van der Waals surface area contributed by atoms with Crippen molar-refractivity contribution >= 4 is 17.6 Å². The van der Waals surface area contributed by atoms with Crippen molar-refractivity contribution in [1.82, 2.24) is 5.43 Å². The highest BCUT2D eigenvalue weighted by Gasteiger charge is 2.14. The Morgan fingerprint density at radius 3 is 2.42 bits per heavy atom. The van der Waals surface area contributed by atoms with Crippen LogP contribution in [0, 0.1) is 6.92 Å². The van der Waals surface area contributed by atoms with Crippen LogP contribution in [-0.4, -0.2) is 28.8 Å². The van der Waals surface area contributed by atoms with Gasteiger partial charge in [0.1, 0.15) is 11.5 Å². The van der Waals surface area contributed by atoms with Crippen molar-refractivity contribution in [3.63, 3.8) is 0 Å². The minimum atomic E-state index is -1.19. The number of aliphatic carboxylic acids is 1. The van der Waals surface area contributed by atoms with Gasteiger partial charge in [-0.1, -0.05) is 17.7 Å². The number of carbonyl (C=O) groups is 2. The minimum Gasteiger partial charge on any atom is -0.481 e. The Hall–Kier alpha value is -2.37. The van der Waals surface area contributed by atoms with E-state index in [9.17, 15) is 9.59 Å². The molecule has 6 nitrogen and oxygen atoms in total. The normalized spacial score (nSPS) is 12.7. The van der Waals surface area contributed by atoms with E-state index in [2.05, 4.69) is 10.5 Å². The summed E-state index contributed by atoms with van der Waals surface area (Å²) in [7, 11) is 0. The molecule has 0 aromatic heterocycles. The van der Waals surface area contributed by atoms with Crippen molar-refractivity contribution in [2.45, 2.75) is 26.9 Å². The number of carboxylic acids is 1. The lowest BCUT2D eigenvalue weighted by Gasteiger charge is -2.13. The van der Waals surface area contributed by atoms with Gasteiger partial charge < -0.3 is 9.84 Å². The first kappa shape index (κ1) is 14.7. The highest BCUT2D eigenvalue weighted by atomic mass is 16.5. The summed E-state index contributed by atoms with van der Waals surface area (Å²) in [6, 6.07) is 7.25. The third-order valence-electron chi connectivity index (χ3n) is 2.35. The molecule has 6 heteroatoms. The molecule has 0 aliphatic heterocycles. The fourth-order valence-electron chi connectivity index (χ4n) is 1.15. The second-order valence-electron chi connectivity index (χ2n) is 4.05. The number of nitrogens with one attached hydrogen (secondary N) is 1. The lowest BCUT2D eigenvalue weighted by Crippen LogP contribution is -2.34. The molecule has 0 bridgehead atoms. The van der Waals surface area contributed by atoms with Crippen molar-refractivity contribution in [1.29, 1.82) is 0 Å².